The van der Waals surface area contributed by atoms with Crippen molar-refractivity contribution in [3.63, 3.8) is 0 Å². The summed E-state index contributed by atoms with van der Waals surface area (Å²) in [5.41, 5.74) is 2.44. The molecule has 2 heterocycles. The highest BCUT2D eigenvalue weighted by atomic mass is 35.5. The summed E-state index contributed by atoms with van der Waals surface area (Å²) < 4.78 is 5.91. The number of likely N-dealkylation sites (tertiary alicyclic amines) is 2. The predicted molar refractivity (Wildman–Crippen MR) is 136 cm³/mol. The Morgan fingerprint density at radius 3 is 2.00 bits per heavy atom. The van der Waals surface area contributed by atoms with E-state index in [1.165, 1.54) is 18.4 Å². The molecule has 5 heteroatoms. The average molecular weight is 475 g/mol. The van der Waals surface area contributed by atoms with E-state index in [9.17, 15) is 4.79 Å². The van der Waals surface area contributed by atoms with E-state index in [1.54, 1.807) is 12.1 Å². The number of piperidine rings is 2. The fourth-order valence-electron chi connectivity index (χ4n) is 5.19. The first-order chi connectivity index (χ1) is 16.6. The van der Waals surface area contributed by atoms with E-state index in [1.807, 2.05) is 47.4 Å². The van der Waals surface area contributed by atoms with E-state index >= 15 is 0 Å². The van der Waals surface area contributed by atoms with E-state index < -0.39 is 0 Å². The van der Waals surface area contributed by atoms with Crippen LogP contribution in [-0.4, -0.2) is 41.9 Å². The van der Waals surface area contributed by atoms with Gasteiger partial charge in [-0.25, -0.2) is 0 Å². The van der Waals surface area contributed by atoms with Crippen molar-refractivity contribution in [2.24, 2.45) is 5.41 Å². The fraction of sp³-hybridized carbons (Fsp3) is 0.345. The van der Waals surface area contributed by atoms with Crippen LogP contribution in [0.3, 0.4) is 0 Å². The van der Waals surface area contributed by atoms with Crippen LogP contribution in [-0.2, 0) is 6.54 Å². The number of para-hydroxylation sites is 1. The summed E-state index contributed by atoms with van der Waals surface area (Å²) in [5.74, 6) is 1.86. The minimum absolute atomic E-state index is 0.128. The zero-order valence-corrected chi connectivity index (χ0v) is 20.2. The third-order valence-electron chi connectivity index (χ3n) is 7.43. The Morgan fingerprint density at radius 1 is 0.765 bits per heavy atom. The number of carbonyl (C=O) groups excluding carboxylic acids is 1. The number of nitrogens with zero attached hydrogens (tertiary/aromatic N) is 2. The van der Waals surface area contributed by atoms with Crippen molar-refractivity contribution in [1.29, 1.82) is 0 Å². The van der Waals surface area contributed by atoms with E-state index in [0.717, 1.165) is 62.6 Å². The van der Waals surface area contributed by atoms with Crippen LogP contribution in [0.5, 0.6) is 11.5 Å². The molecule has 0 radical (unpaired) electrons. The normalized spacial score (nSPS) is 18.1. The van der Waals surface area contributed by atoms with Crippen LogP contribution in [0.15, 0.2) is 78.9 Å². The number of halogens is 1. The van der Waals surface area contributed by atoms with Crippen LogP contribution in [0.2, 0.25) is 5.02 Å². The quantitative estimate of drug-likeness (QED) is 0.415. The molecule has 176 valence electrons. The van der Waals surface area contributed by atoms with Crippen LogP contribution < -0.4 is 4.74 Å². The molecule has 0 atom stereocenters. The number of hydrogen-bond acceptors (Lipinski definition) is 3. The Morgan fingerprint density at radius 2 is 1.35 bits per heavy atom. The number of carbonyl (C=O) groups is 1. The zero-order valence-electron chi connectivity index (χ0n) is 19.5. The number of amides is 1. The summed E-state index contributed by atoms with van der Waals surface area (Å²) in [6.45, 7) is 4.92. The highest BCUT2D eigenvalue weighted by molar-refractivity contribution is 6.30. The van der Waals surface area contributed by atoms with Gasteiger partial charge in [0.25, 0.3) is 5.91 Å². The molecule has 2 aliphatic heterocycles. The molecular weight excluding hydrogens is 444 g/mol. The maximum atomic E-state index is 12.8. The zero-order chi connectivity index (χ0) is 23.4. The van der Waals surface area contributed by atoms with Gasteiger partial charge in [0, 0.05) is 30.2 Å². The van der Waals surface area contributed by atoms with Crippen molar-refractivity contribution >= 4 is 17.5 Å². The second-order valence-corrected chi connectivity index (χ2v) is 10.1. The first-order valence-electron chi connectivity index (χ1n) is 12.2. The maximum Gasteiger partial charge on any atom is 0.253 e. The third kappa shape index (κ3) is 5.45. The van der Waals surface area contributed by atoms with Crippen LogP contribution in [0.1, 0.15) is 41.6 Å². The molecule has 0 bridgehead atoms. The molecule has 0 aromatic heterocycles. The van der Waals surface area contributed by atoms with Gasteiger partial charge in [-0.05, 0) is 98.3 Å². The number of hydrogen-bond donors (Lipinski definition) is 0. The molecule has 0 N–H and O–H groups in total. The number of rotatable bonds is 5. The predicted octanol–water partition coefficient (Wildman–Crippen LogP) is 6.65. The Bertz CT molecular complexity index is 1080. The average Bonchev–Trinajstić information content (AvgIpc) is 2.88. The molecule has 1 amide bonds. The molecule has 5 rings (SSSR count). The van der Waals surface area contributed by atoms with Gasteiger partial charge in [0.15, 0.2) is 0 Å². The summed E-state index contributed by atoms with van der Waals surface area (Å²) in [5, 5.41) is 0.664. The van der Waals surface area contributed by atoms with Crippen LogP contribution in [0, 0.1) is 5.41 Å². The Kier molecular flexibility index (Phi) is 6.89. The smallest absolute Gasteiger partial charge is 0.253 e. The molecule has 1 spiro atoms. The minimum Gasteiger partial charge on any atom is -0.457 e. The van der Waals surface area contributed by atoms with Crippen molar-refractivity contribution in [1.82, 2.24) is 9.80 Å². The van der Waals surface area contributed by atoms with Crippen LogP contribution >= 0.6 is 11.6 Å². The lowest BCUT2D eigenvalue weighted by Crippen LogP contribution is -2.48. The molecule has 2 aliphatic rings. The molecule has 3 aromatic rings. The number of benzene rings is 3. The molecular formula is C29H31ClN2O2. The lowest BCUT2D eigenvalue weighted by Gasteiger charge is -2.47. The van der Waals surface area contributed by atoms with Gasteiger partial charge in [-0.1, -0.05) is 41.9 Å². The van der Waals surface area contributed by atoms with E-state index in [-0.39, 0.29) is 5.91 Å². The number of ether oxygens (including phenoxy) is 1. The van der Waals surface area contributed by atoms with Crippen LogP contribution in [0.4, 0.5) is 0 Å². The molecule has 2 saturated heterocycles. The molecule has 34 heavy (non-hydrogen) atoms. The van der Waals surface area contributed by atoms with Gasteiger partial charge in [-0.2, -0.15) is 0 Å². The minimum atomic E-state index is 0.128. The maximum absolute atomic E-state index is 12.8. The summed E-state index contributed by atoms with van der Waals surface area (Å²) in [6.07, 6.45) is 4.63. The van der Waals surface area contributed by atoms with Crippen molar-refractivity contribution in [2.75, 3.05) is 26.2 Å². The van der Waals surface area contributed by atoms with Gasteiger partial charge in [0.1, 0.15) is 11.5 Å². The third-order valence-corrected chi connectivity index (χ3v) is 7.68. The Labute approximate surface area is 207 Å². The standard InChI is InChI=1S/C29H31ClN2O2/c30-25-10-8-24(9-11-25)28(33)32-20-16-29(17-21-32)14-18-31(19-15-29)22-23-6-12-27(13-7-23)34-26-4-2-1-3-5-26/h1-13H,14-22H2. The highest BCUT2D eigenvalue weighted by Crippen LogP contribution is 2.41. The topological polar surface area (TPSA) is 32.8 Å². The van der Waals surface area contributed by atoms with Gasteiger partial charge in [-0.15, -0.1) is 0 Å². The van der Waals surface area contributed by atoms with Gasteiger partial charge >= 0.3 is 0 Å². The SMILES string of the molecule is O=C(c1ccc(Cl)cc1)N1CCC2(CCN(Cc3ccc(Oc4ccccc4)cc3)CC2)CC1. The van der Waals surface area contributed by atoms with Crippen molar-refractivity contribution in [2.45, 2.75) is 32.2 Å². The van der Waals surface area contributed by atoms with Gasteiger partial charge in [0.05, 0.1) is 0 Å². The Balaban J connectivity index is 1.09. The lowest BCUT2D eigenvalue weighted by molar-refractivity contribution is 0.0285. The second kappa shape index (κ2) is 10.2. The monoisotopic (exact) mass is 474 g/mol. The van der Waals surface area contributed by atoms with Gasteiger partial charge < -0.3 is 9.64 Å². The van der Waals surface area contributed by atoms with Crippen molar-refractivity contribution in [3.05, 3.63) is 95.0 Å². The first-order valence-corrected chi connectivity index (χ1v) is 12.6. The summed E-state index contributed by atoms with van der Waals surface area (Å²) in [4.78, 5) is 17.4. The van der Waals surface area contributed by atoms with Crippen LogP contribution in [0.25, 0.3) is 0 Å². The van der Waals surface area contributed by atoms with E-state index in [2.05, 4.69) is 29.2 Å². The summed E-state index contributed by atoms with van der Waals surface area (Å²) >= 11 is 5.96. The first kappa shape index (κ1) is 22.9. The second-order valence-electron chi connectivity index (χ2n) is 9.63. The van der Waals surface area contributed by atoms with Crippen molar-refractivity contribution in [3.8, 4) is 11.5 Å². The van der Waals surface area contributed by atoms with Gasteiger partial charge in [-0.3, -0.25) is 9.69 Å². The fourth-order valence-corrected chi connectivity index (χ4v) is 5.32. The molecule has 0 saturated carbocycles. The molecule has 2 fully saturated rings. The van der Waals surface area contributed by atoms with Gasteiger partial charge in [0.2, 0.25) is 0 Å². The van der Waals surface area contributed by atoms with E-state index in [4.69, 9.17) is 16.3 Å². The molecule has 0 unspecified atom stereocenters. The molecule has 0 aliphatic carbocycles. The van der Waals surface area contributed by atoms with E-state index in [0.29, 0.717) is 10.4 Å². The summed E-state index contributed by atoms with van der Waals surface area (Å²) in [6, 6.07) is 25.6. The highest BCUT2D eigenvalue weighted by Gasteiger charge is 2.38. The van der Waals surface area contributed by atoms with Crippen molar-refractivity contribution < 1.29 is 9.53 Å². The lowest BCUT2D eigenvalue weighted by atomic mass is 9.71. The summed E-state index contributed by atoms with van der Waals surface area (Å²) in [7, 11) is 0. The Hall–Kier alpha value is -2.82. The molecule has 4 nitrogen and oxygen atoms in total. The largest absolute Gasteiger partial charge is 0.457 e. The molecule has 3 aromatic carbocycles.